The molecule has 24 heavy (non-hydrogen) atoms. The van der Waals surface area contributed by atoms with E-state index in [-0.39, 0.29) is 48.6 Å². The number of alkyl halides is 2. The molecule has 1 aliphatic rings. The number of aromatic nitrogens is 1. The molecule has 8 heteroatoms. The van der Waals surface area contributed by atoms with Crippen molar-refractivity contribution in [3.63, 3.8) is 0 Å². The third-order valence-electron chi connectivity index (χ3n) is 3.83. The van der Waals surface area contributed by atoms with Crippen molar-refractivity contribution >= 4 is 16.0 Å². The first-order chi connectivity index (χ1) is 11.2. The Labute approximate surface area is 154 Å². The van der Waals surface area contributed by atoms with Gasteiger partial charge in [-0.2, -0.15) is 0 Å². The summed E-state index contributed by atoms with van der Waals surface area (Å²) in [5.74, 6) is -0.376. The zero-order chi connectivity index (χ0) is 18.1. The van der Waals surface area contributed by atoms with Crippen LogP contribution in [0.15, 0.2) is 23.7 Å². The van der Waals surface area contributed by atoms with Crippen LogP contribution in [0.3, 0.4) is 0 Å². The normalized spacial score (nSPS) is 18.8. The molecule has 1 aromatic heterocycles. The molecular formula is C16H24IN2O4S-. The van der Waals surface area contributed by atoms with Crippen LogP contribution in [0.5, 0.6) is 0 Å². The molecule has 1 aromatic rings. The molecule has 136 valence electrons. The predicted octanol–water partition coefficient (Wildman–Crippen LogP) is -1.17. The summed E-state index contributed by atoms with van der Waals surface area (Å²) in [5, 5.41) is 0. The summed E-state index contributed by atoms with van der Waals surface area (Å²) < 4.78 is 36.4. The minimum atomic E-state index is -3.73. The van der Waals surface area contributed by atoms with Crippen LogP contribution in [-0.4, -0.2) is 36.0 Å². The second kappa shape index (κ2) is 7.57. The van der Waals surface area contributed by atoms with Crippen molar-refractivity contribution in [2.24, 2.45) is 13.0 Å². The van der Waals surface area contributed by atoms with Crippen LogP contribution < -0.4 is 25.9 Å². The van der Waals surface area contributed by atoms with Gasteiger partial charge in [0.2, 0.25) is 0 Å². The summed E-state index contributed by atoms with van der Waals surface area (Å²) in [7, 11) is -2.05. The number of nitrogens with one attached hydrogen (secondary N) is 1. The maximum absolute atomic E-state index is 12.9. The third kappa shape index (κ3) is 4.02. The van der Waals surface area contributed by atoms with Gasteiger partial charge in [-0.1, -0.05) is 0 Å². The number of carbonyl (C=O) groups is 1. The van der Waals surface area contributed by atoms with Gasteiger partial charge in [0.1, 0.15) is 0 Å². The Morgan fingerprint density at radius 1 is 1.58 bits per heavy atom. The van der Waals surface area contributed by atoms with Crippen molar-refractivity contribution in [3.8, 4) is 0 Å². The molecule has 1 saturated heterocycles. The fraction of sp³-hybridized carbons (Fsp3) is 0.562. The van der Waals surface area contributed by atoms with E-state index >= 15 is 0 Å². The first-order valence-corrected chi connectivity index (χ1v) is 12.1. The van der Waals surface area contributed by atoms with Crippen molar-refractivity contribution in [1.29, 1.82) is 0 Å². The van der Waals surface area contributed by atoms with Gasteiger partial charge < -0.3 is 0 Å². The van der Waals surface area contributed by atoms with E-state index < -0.39 is 16.0 Å². The molecule has 1 aliphatic heterocycles. The summed E-state index contributed by atoms with van der Waals surface area (Å²) >= 11 is -0.0796. The Morgan fingerprint density at radius 3 is 2.67 bits per heavy atom. The summed E-state index contributed by atoms with van der Waals surface area (Å²) in [6.07, 6.45) is 3.12. The van der Waals surface area contributed by atoms with Gasteiger partial charge >= 0.3 is 154 Å². The first kappa shape index (κ1) is 19.5. The molecule has 0 spiro atoms. The van der Waals surface area contributed by atoms with E-state index in [9.17, 15) is 13.2 Å². The Hall–Kier alpha value is -0.870. The zero-order valence-electron chi connectivity index (χ0n) is 14.4. The molecule has 0 bridgehead atoms. The average molecular weight is 467 g/mol. The summed E-state index contributed by atoms with van der Waals surface area (Å²) in [6.45, 7) is 9.56. The molecule has 0 radical (unpaired) electrons. The van der Waals surface area contributed by atoms with Crippen LogP contribution in [0.4, 0.5) is 0 Å². The van der Waals surface area contributed by atoms with Gasteiger partial charge in [0.25, 0.3) is 0 Å². The van der Waals surface area contributed by atoms with Crippen molar-refractivity contribution in [3.05, 3.63) is 30.1 Å². The van der Waals surface area contributed by atoms with E-state index in [0.717, 1.165) is 4.43 Å². The predicted molar refractivity (Wildman–Crippen MR) is 88.1 cm³/mol. The molecule has 6 nitrogen and oxygen atoms in total. The Kier molecular flexibility index (Phi) is 6.14. The minimum absolute atomic E-state index is 0.0796. The van der Waals surface area contributed by atoms with Crippen LogP contribution in [0.1, 0.15) is 40.7 Å². The van der Waals surface area contributed by atoms with Gasteiger partial charge in [-0.05, 0) is 0 Å². The van der Waals surface area contributed by atoms with Crippen molar-refractivity contribution in [1.82, 2.24) is 9.29 Å². The summed E-state index contributed by atoms with van der Waals surface area (Å²) in [5.41, 5.74) is 0.988. The molecular weight excluding hydrogens is 443 g/mol. The number of ether oxygens (including phenoxy) is 1. The van der Waals surface area contributed by atoms with Gasteiger partial charge in [0, 0.05) is 0 Å². The second-order valence-electron chi connectivity index (χ2n) is 5.99. The van der Waals surface area contributed by atoms with Crippen molar-refractivity contribution < 1.29 is 39.2 Å². The van der Waals surface area contributed by atoms with Crippen LogP contribution in [0, 0.1) is 5.92 Å². The monoisotopic (exact) mass is 467 g/mol. The molecule has 1 unspecified atom stereocenters. The van der Waals surface area contributed by atoms with Crippen LogP contribution >= 0.6 is 0 Å². The Balaban J connectivity index is 2.48. The molecule has 0 amide bonds. The van der Waals surface area contributed by atoms with Crippen molar-refractivity contribution in [2.45, 2.75) is 35.6 Å². The SMILES string of the molecule is C=C[C@@H](NS(=O)(=O)c1cn(C)c(C(=O)OCC)c1C1C[I-]1)C(C)C. The first-order valence-electron chi connectivity index (χ1n) is 7.81. The molecule has 2 heterocycles. The van der Waals surface area contributed by atoms with Crippen LogP contribution in [0.25, 0.3) is 0 Å². The molecule has 0 aromatic carbocycles. The number of carbonyl (C=O) groups excluding carboxylic acids is 1. The standard InChI is InChI=1S/C16H24IN2O4S/c1-6-12(10(3)4)18-24(21,22)13-9-19(5)15(16(20)23-7-2)14(13)11-8-17-11/h6,9-12,18H,1,7-8H2,2-5H3/q-1/t11?,12-/m1/s1. The Bertz CT molecular complexity index is 736. The quantitative estimate of drug-likeness (QED) is 0.227. The molecule has 0 saturated carbocycles. The number of hydrogen-bond acceptors (Lipinski definition) is 4. The van der Waals surface area contributed by atoms with Crippen LogP contribution in [0.2, 0.25) is 0 Å². The van der Waals surface area contributed by atoms with Gasteiger partial charge in [-0.15, -0.1) is 0 Å². The van der Waals surface area contributed by atoms with E-state index in [2.05, 4.69) is 11.3 Å². The summed E-state index contributed by atoms with van der Waals surface area (Å²) in [4.78, 5) is 12.5. The number of halogens is 1. The fourth-order valence-electron chi connectivity index (χ4n) is 2.48. The van der Waals surface area contributed by atoms with Gasteiger partial charge in [0.05, 0.1) is 0 Å². The molecule has 1 fully saturated rings. The fourth-order valence-corrected chi connectivity index (χ4v) is 6.14. The number of aryl methyl sites for hydroxylation is 1. The number of nitrogens with zero attached hydrogens (tertiary/aromatic N) is 1. The van der Waals surface area contributed by atoms with Gasteiger partial charge in [-0.25, -0.2) is 0 Å². The average Bonchev–Trinajstić information content (AvgIpc) is 3.27. The summed E-state index contributed by atoms with van der Waals surface area (Å²) in [6, 6.07) is -0.358. The zero-order valence-corrected chi connectivity index (χ0v) is 17.3. The van der Waals surface area contributed by atoms with Crippen LogP contribution in [-0.2, 0) is 21.8 Å². The van der Waals surface area contributed by atoms with E-state index in [4.69, 9.17) is 4.74 Å². The number of hydrogen-bond donors (Lipinski definition) is 1. The van der Waals surface area contributed by atoms with E-state index in [0.29, 0.717) is 11.3 Å². The number of rotatable bonds is 8. The molecule has 2 atom stereocenters. The Morgan fingerprint density at radius 2 is 2.21 bits per heavy atom. The molecule has 1 N–H and O–H groups in total. The molecule has 2 rings (SSSR count). The number of esters is 1. The van der Waals surface area contributed by atoms with Crippen molar-refractivity contribution in [2.75, 3.05) is 11.0 Å². The molecule has 0 aliphatic carbocycles. The van der Waals surface area contributed by atoms with E-state index in [1.54, 1.807) is 24.6 Å². The van der Waals surface area contributed by atoms with Gasteiger partial charge in [0.15, 0.2) is 0 Å². The van der Waals surface area contributed by atoms with E-state index in [1.165, 1.54) is 6.20 Å². The number of sulfonamides is 1. The van der Waals surface area contributed by atoms with E-state index in [1.807, 2.05) is 13.8 Å². The maximum atomic E-state index is 12.9. The second-order valence-corrected chi connectivity index (χ2v) is 10.9. The topological polar surface area (TPSA) is 77.4 Å². The van der Waals surface area contributed by atoms with Gasteiger partial charge in [-0.3, -0.25) is 0 Å². The third-order valence-corrected chi connectivity index (χ3v) is 7.70.